The molecule has 2 atom stereocenters. The first-order valence-corrected chi connectivity index (χ1v) is 8.41. The van der Waals surface area contributed by atoms with Gasteiger partial charge in [-0.15, -0.1) is 0 Å². The summed E-state index contributed by atoms with van der Waals surface area (Å²) in [5.74, 6) is 0.755. The van der Waals surface area contributed by atoms with E-state index in [-0.39, 0.29) is 12.0 Å². The predicted octanol–water partition coefficient (Wildman–Crippen LogP) is 1.73. The Morgan fingerprint density at radius 1 is 1.33 bits per heavy atom. The van der Waals surface area contributed by atoms with Crippen LogP contribution < -0.4 is 4.74 Å². The zero-order valence-corrected chi connectivity index (χ0v) is 14.3. The molecule has 0 saturated carbocycles. The molecule has 0 unspecified atom stereocenters. The molecule has 2 heterocycles. The van der Waals surface area contributed by atoms with E-state index >= 15 is 0 Å². The van der Waals surface area contributed by atoms with Crippen molar-refractivity contribution >= 4 is 5.91 Å². The van der Waals surface area contributed by atoms with E-state index in [9.17, 15) is 4.79 Å². The van der Waals surface area contributed by atoms with Crippen molar-refractivity contribution in [2.75, 3.05) is 46.7 Å². The molecular weight excluding hydrogens is 310 g/mol. The van der Waals surface area contributed by atoms with E-state index in [0.29, 0.717) is 45.1 Å². The quantitative estimate of drug-likeness (QED) is 0.820. The van der Waals surface area contributed by atoms with Gasteiger partial charge in [-0.2, -0.15) is 0 Å². The summed E-state index contributed by atoms with van der Waals surface area (Å²) >= 11 is 0. The van der Waals surface area contributed by atoms with Crippen LogP contribution in [-0.2, 0) is 14.2 Å². The SMILES string of the molecule is CCOC[C@@H]1C[C@@]2(COCCN2C(=O)c2ccc(OC)cc2)CO1. The fraction of sp³-hybridized carbons (Fsp3) is 0.611. The van der Waals surface area contributed by atoms with Crippen molar-refractivity contribution in [3.63, 3.8) is 0 Å². The molecule has 3 rings (SSSR count). The zero-order chi connectivity index (χ0) is 17.0. The van der Waals surface area contributed by atoms with Crippen LogP contribution in [0.3, 0.4) is 0 Å². The number of morpholine rings is 1. The van der Waals surface area contributed by atoms with E-state index in [4.69, 9.17) is 18.9 Å². The van der Waals surface area contributed by atoms with Gasteiger partial charge >= 0.3 is 0 Å². The summed E-state index contributed by atoms with van der Waals surface area (Å²) in [4.78, 5) is 14.9. The van der Waals surface area contributed by atoms with E-state index in [1.165, 1.54) is 0 Å². The second-order valence-corrected chi connectivity index (χ2v) is 6.26. The summed E-state index contributed by atoms with van der Waals surface area (Å²) in [6, 6.07) is 7.22. The molecule has 0 aliphatic carbocycles. The number of rotatable bonds is 5. The Hall–Kier alpha value is -1.63. The lowest BCUT2D eigenvalue weighted by Crippen LogP contribution is -2.59. The molecule has 0 aromatic heterocycles. The van der Waals surface area contributed by atoms with Crippen molar-refractivity contribution in [2.24, 2.45) is 0 Å². The third-order valence-electron chi connectivity index (χ3n) is 4.69. The van der Waals surface area contributed by atoms with Gasteiger partial charge in [0, 0.05) is 25.1 Å². The van der Waals surface area contributed by atoms with Gasteiger partial charge in [0.1, 0.15) is 5.75 Å². The number of benzene rings is 1. The van der Waals surface area contributed by atoms with Crippen molar-refractivity contribution in [3.8, 4) is 5.75 Å². The van der Waals surface area contributed by atoms with Gasteiger partial charge in [-0.3, -0.25) is 4.79 Å². The van der Waals surface area contributed by atoms with E-state index in [1.54, 1.807) is 19.2 Å². The number of methoxy groups -OCH3 is 1. The minimum Gasteiger partial charge on any atom is -0.497 e. The molecular formula is C18H25NO5. The Morgan fingerprint density at radius 2 is 2.12 bits per heavy atom. The second kappa shape index (κ2) is 7.51. The topological polar surface area (TPSA) is 57.2 Å². The van der Waals surface area contributed by atoms with E-state index < -0.39 is 5.54 Å². The van der Waals surface area contributed by atoms with Crippen LogP contribution >= 0.6 is 0 Å². The zero-order valence-electron chi connectivity index (χ0n) is 14.3. The highest BCUT2D eigenvalue weighted by molar-refractivity contribution is 5.95. The molecule has 2 saturated heterocycles. The normalized spacial score (nSPS) is 26.8. The van der Waals surface area contributed by atoms with Gasteiger partial charge in [0.2, 0.25) is 0 Å². The molecule has 1 aromatic rings. The molecule has 1 amide bonds. The number of hydrogen-bond acceptors (Lipinski definition) is 5. The van der Waals surface area contributed by atoms with Crippen LogP contribution in [0.4, 0.5) is 0 Å². The average Bonchev–Trinajstić information content (AvgIpc) is 3.03. The number of carbonyl (C=O) groups excluding carboxylic acids is 1. The van der Waals surface area contributed by atoms with Crippen LogP contribution in [0, 0.1) is 0 Å². The van der Waals surface area contributed by atoms with Crippen LogP contribution in [0.5, 0.6) is 5.75 Å². The Kier molecular flexibility index (Phi) is 5.38. The maximum Gasteiger partial charge on any atom is 0.254 e. The lowest BCUT2D eigenvalue weighted by Gasteiger charge is -2.43. The standard InChI is InChI=1S/C18H25NO5/c1-3-22-11-16-10-18(13-24-16)12-23-9-8-19(18)17(20)14-4-6-15(21-2)7-5-14/h4-7,16H,3,8-13H2,1-2H3/t16-,18+/m0/s1. The Balaban J connectivity index is 1.75. The molecule has 132 valence electrons. The molecule has 1 aromatic carbocycles. The summed E-state index contributed by atoms with van der Waals surface area (Å²) in [5, 5.41) is 0. The van der Waals surface area contributed by atoms with Crippen molar-refractivity contribution in [3.05, 3.63) is 29.8 Å². The Bertz CT molecular complexity index is 561. The first kappa shape index (κ1) is 17.2. The number of ether oxygens (including phenoxy) is 4. The van der Waals surface area contributed by atoms with Gasteiger partial charge < -0.3 is 23.8 Å². The second-order valence-electron chi connectivity index (χ2n) is 6.26. The van der Waals surface area contributed by atoms with Crippen LogP contribution in [0.1, 0.15) is 23.7 Å². The summed E-state index contributed by atoms with van der Waals surface area (Å²) in [7, 11) is 1.61. The third kappa shape index (κ3) is 3.41. The first-order valence-electron chi connectivity index (χ1n) is 8.41. The maximum absolute atomic E-state index is 13.0. The molecule has 0 radical (unpaired) electrons. The van der Waals surface area contributed by atoms with Gasteiger partial charge in [0.15, 0.2) is 0 Å². The fourth-order valence-electron chi connectivity index (χ4n) is 3.40. The van der Waals surface area contributed by atoms with Crippen LogP contribution in [0.15, 0.2) is 24.3 Å². The highest BCUT2D eigenvalue weighted by atomic mass is 16.5. The summed E-state index contributed by atoms with van der Waals surface area (Å²) in [6.07, 6.45) is 0.757. The predicted molar refractivity (Wildman–Crippen MR) is 88.4 cm³/mol. The number of carbonyl (C=O) groups is 1. The Morgan fingerprint density at radius 3 is 2.83 bits per heavy atom. The van der Waals surface area contributed by atoms with Crippen molar-refractivity contribution in [2.45, 2.75) is 25.0 Å². The van der Waals surface area contributed by atoms with Crippen molar-refractivity contribution < 1.29 is 23.7 Å². The molecule has 1 spiro atoms. The lowest BCUT2D eigenvalue weighted by atomic mass is 9.92. The van der Waals surface area contributed by atoms with Gasteiger partial charge in [-0.25, -0.2) is 0 Å². The van der Waals surface area contributed by atoms with E-state index in [2.05, 4.69) is 0 Å². The maximum atomic E-state index is 13.0. The monoisotopic (exact) mass is 335 g/mol. The molecule has 2 aliphatic heterocycles. The highest BCUT2D eigenvalue weighted by Gasteiger charge is 2.49. The molecule has 0 bridgehead atoms. The first-order chi connectivity index (χ1) is 11.7. The average molecular weight is 335 g/mol. The number of amides is 1. The molecule has 6 heteroatoms. The van der Waals surface area contributed by atoms with Crippen molar-refractivity contribution in [1.29, 1.82) is 0 Å². The summed E-state index contributed by atoms with van der Waals surface area (Å²) < 4.78 is 22.2. The van der Waals surface area contributed by atoms with Crippen LogP contribution in [0.2, 0.25) is 0 Å². The minimum absolute atomic E-state index is 0.0119. The number of nitrogens with zero attached hydrogens (tertiary/aromatic N) is 1. The van der Waals surface area contributed by atoms with Gasteiger partial charge in [-0.1, -0.05) is 0 Å². The highest BCUT2D eigenvalue weighted by Crippen LogP contribution is 2.34. The minimum atomic E-state index is -0.392. The molecule has 6 nitrogen and oxygen atoms in total. The summed E-state index contributed by atoms with van der Waals surface area (Å²) in [5.41, 5.74) is 0.266. The summed E-state index contributed by atoms with van der Waals surface area (Å²) in [6.45, 7) is 5.33. The van der Waals surface area contributed by atoms with Gasteiger partial charge in [0.05, 0.1) is 45.2 Å². The van der Waals surface area contributed by atoms with Crippen molar-refractivity contribution in [1.82, 2.24) is 4.90 Å². The molecule has 24 heavy (non-hydrogen) atoms. The van der Waals surface area contributed by atoms with E-state index in [1.807, 2.05) is 24.0 Å². The van der Waals surface area contributed by atoms with Gasteiger partial charge in [0.25, 0.3) is 5.91 Å². The molecule has 0 N–H and O–H groups in total. The fourth-order valence-corrected chi connectivity index (χ4v) is 3.40. The molecule has 2 fully saturated rings. The molecule has 2 aliphatic rings. The van der Waals surface area contributed by atoms with Crippen LogP contribution in [0.25, 0.3) is 0 Å². The van der Waals surface area contributed by atoms with Crippen LogP contribution in [-0.4, -0.2) is 69.1 Å². The largest absolute Gasteiger partial charge is 0.497 e. The lowest BCUT2D eigenvalue weighted by molar-refractivity contribution is -0.0559. The third-order valence-corrected chi connectivity index (χ3v) is 4.69. The van der Waals surface area contributed by atoms with E-state index in [0.717, 1.165) is 12.2 Å². The smallest absolute Gasteiger partial charge is 0.254 e. The number of hydrogen-bond donors (Lipinski definition) is 0. The Labute approximate surface area is 142 Å². The van der Waals surface area contributed by atoms with Gasteiger partial charge in [-0.05, 0) is 31.2 Å².